The van der Waals surface area contributed by atoms with Crippen LogP contribution in [0.5, 0.6) is 0 Å². The van der Waals surface area contributed by atoms with Gasteiger partial charge in [0.05, 0.1) is 0 Å². The predicted octanol–water partition coefficient (Wildman–Crippen LogP) is 1.19. The Balaban J connectivity index is 1.59. The van der Waals surface area contributed by atoms with Crippen LogP contribution in [0.4, 0.5) is 0 Å². The summed E-state index contributed by atoms with van der Waals surface area (Å²) in [4.78, 5) is 17.8. The Hall–Kier alpha value is -1.43. The van der Waals surface area contributed by atoms with E-state index < -0.39 is 0 Å². The third kappa shape index (κ3) is 4.31. The largest absolute Gasteiger partial charge is 0.349 e. The second-order valence-electron chi connectivity index (χ2n) is 5.22. The van der Waals surface area contributed by atoms with Gasteiger partial charge in [-0.3, -0.25) is 9.89 Å². The molecule has 0 bridgehead atoms. The van der Waals surface area contributed by atoms with Crippen LogP contribution in [-0.4, -0.2) is 52.2 Å². The van der Waals surface area contributed by atoms with E-state index in [1.807, 2.05) is 0 Å². The molecule has 2 N–H and O–H groups in total. The van der Waals surface area contributed by atoms with Gasteiger partial charge in [-0.05, 0) is 32.9 Å². The van der Waals surface area contributed by atoms with E-state index in [2.05, 4.69) is 32.4 Å². The molecule has 6 heteroatoms. The molecular formula is C13H23N5O. The van der Waals surface area contributed by atoms with Gasteiger partial charge in [0.1, 0.15) is 6.33 Å². The maximum atomic E-state index is 11.6. The molecule has 0 aliphatic heterocycles. The van der Waals surface area contributed by atoms with Crippen molar-refractivity contribution in [2.75, 3.05) is 20.1 Å². The molecule has 0 atom stereocenters. The summed E-state index contributed by atoms with van der Waals surface area (Å²) in [5.74, 6) is 0.0958. The third-order valence-electron chi connectivity index (χ3n) is 3.80. The second-order valence-corrected chi connectivity index (χ2v) is 5.22. The fourth-order valence-corrected chi connectivity index (χ4v) is 2.63. The Kier molecular flexibility index (Phi) is 5.32. The van der Waals surface area contributed by atoms with Crippen molar-refractivity contribution in [2.45, 2.75) is 44.6 Å². The van der Waals surface area contributed by atoms with Crippen LogP contribution in [0.15, 0.2) is 6.33 Å². The number of amides is 1. The highest BCUT2D eigenvalue weighted by atomic mass is 16.2. The molecule has 1 amide bonds. The maximum absolute atomic E-state index is 11.6. The van der Waals surface area contributed by atoms with Gasteiger partial charge in [-0.1, -0.05) is 19.3 Å². The van der Waals surface area contributed by atoms with Gasteiger partial charge in [0, 0.05) is 12.6 Å². The Morgan fingerprint density at radius 3 is 2.95 bits per heavy atom. The molecule has 1 fully saturated rings. The molecule has 106 valence electrons. The van der Waals surface area contributed by atoms with Gasteiger partial charge < -0.3 is 10.2 Å². The summed E-state index contributed by atoms with van der Waals surface area (Å²) in [7, 11) is 2.19. The van der Waals surface area contributed by atoms with Crippen LogP contribution in [0.25, 0.3) is 0 Å². The maximum Gasteiger partial charge on any atom is 0.288 e. The summed E-state index contributed by atoms with van der Waals surface area (Å²) in [6.07, 6.45) is 9.05. The third-order valence-corrected chi connectivity index (χ3v) is 3.80. The minimum absolute atomic E-state index is 0.183. The Bertz CT molecular complexity index is 372. The first-order chi connectivity index (χ1) is 9.27. The van der Waals surface area contributed by atoms with Gasteiger partial charge in [0.15, 0.2) is 0 Å². The summed E-state index contributed by atoms with van der Waals surface area (Å²) >= 11 is 0. The van der Waals surface area contributed by atoms with Crippen LogP contribution in [0.3, 0.4) is 0 Å². The predicted molar refractivity (Wildman–Crippen MR) is 72.8 cm³/mol. The van der Waals surface area contributed by atoms with Gasteiger partial charge in [0.2, 0.25) is 5.82 Å². The molecule has 1 heterocycles. The second kappa shape index (κ2) is 7.23. The Morgan fingerprint density at radius 2 is 2.26 bits per heavy atom. The van der Waals surface area contributed by atoms with Crippen LogP contribution >= 0.6 is 0 Å². The van der Waals surface area contributed by atoms with Crippen LogP contribution < -0.4 is 5.32 Å². The molecular weight excluding hydrogens is 242 g/mol. The SMILES string of the molecule is CN(CCCNC(=O)c1ncn[nH]1)C1CCCCC1. The van der Waals surface area contributed by atoms with E-state index in [1.165, 1.54) is 38.4 Å². The molecule has 1 aromatic rings. The first-order valence-electron chi connectivity index (χ1n) is 7.11. The Morgan fingerprint density at radius 1 is 1.47 bits per heavy atom. The number of rotatable bonds is 6. The summed E-state index contributed by atoms with van der Waals surface area (Å²) in [5, 5.41) is 9.05. The zero-order valence-electron chi connectivity index (χ0n) is 11.6. The average molecular weight is 265 g/mol. The van der Waals surface area contributed by atoms with Crippen molar-refractivity contribution in [1.29, 1.82) is 0 Å². The van der Waals surface area contributed by atoms with Crippen molar-refractivity contribution >= 4 is 5.91 Å². The van der Waals surface area contributed by atoms with Crippen LogP contribution in [0.2, 0.25) is 0 Å². The molecule has 0 unspecified atom stereocenters. The zero-order chi connectivity index (χ0) is 13.5. The lowest BCUT2D eigenvalue weighted by Gasteiger charge is -2.31. The number of aromatic nitrogens is 3. The summed E-state index contributed by atoms with van der Waals surface area (Å²) in [6.45, 7) is 1.71. The van der Waals surface area contributed by atoms with Gasteiger partial charge in [-0.2, -0.15) is 5.10 Å². The average Bonchev–Trinajstić information content (AvgIpc) is 2.98. The van der Waals surface area contributed by atoms with E-state index in [-0.39, 0.29) is 11.7 Å². The van der Waals surface area contributed by atoms with Crippen LogP contribution in [0, 0.1) is 0 Å². The molecule has 1 aliphatic rings. The minimum atomic E-state index is -0.183. The van der Waals surface area contributed by atoms with Gasteiger partial charge in [-0.15, -0.1) is 0 Å². The summed E-state index contributed by atoms with van der Waals surface area (Å²) < 4.78 is 0. The lowest BCUT2D eigenvalue weighted by atomic mass is 9.94. The van der Waals surface area contributed by atoms with Gasteiger partial charge >= 0.3 is 0 Å². The van der Waals surface area contributed by atoms with E-state index in [0.29, 0.717) is 6.54 Å². The molecule has 0 spiro atoms. The molecule has 6 nitrogen and oxygen atoms in total. The molecule has 2 rings (SSSR count). The van der Waals surface area contributed by atoms with Crippen LogP contribution in [-0.2, 0) is 0 Å². The van der Waals surface area contributed by atoms with Crippen molar-refractivity contribution in [2.24, 2.45) is 0 Å². The number of nitrogens with zero attached hydrogens (tertiary/aromatic N) is 3. The standard InChI is InChI=1S/C13H23N5O/c1-18(11-6-3-2-4-7-11)9-5-8-14-13(19)12-15-10-16-17-12/h10-11H,2-9H2,1H3,(H,14,19)(H,15,16,17). The van der Waals surface area contributed by atoms with E-state index in [0.717, 1.165) is 19.0 Å². The van der Waals surface area contributed by atoms with E-state index in [4.69, 9.17) is 0 Å². The highest BCUT2D eigenvalue weighted by Crippen LogP contribution is 2.21. The van der Waals surface area contributed by atoms with E-state index in [1.54, 1.807) is 0 Å². The molecule has 1 aromatic heterocycles. The van der Waals surface area contributed by atoms with Crippen molar-refractivity contribution in [3.05, 3.63) is 12.2 Å². The van der Waals surface area contributed by atoms with Crippen LogP contribution in [0.1, 0.15) is 49.1 Å². The lowest BCUT2D eigenvalue weighted by molar-refractivity contribution is 0.0940. The molecule has 0 radical (unpaired) electrons. The highest BCUT2D eigenvalue weighted by Gasteiger charge is 2.17. The topological polar surface area (TPSA) is 73.9 Å². The van der Waals surface area contributed by atoms with Gasteiger partial charge in [-0.25, -0.2) is 4.98 Å². The van der Waals surface area contributed by atoms with Crippen molar-refractivity contribution in [3.63, 3.8) is 0 Å². The monoisotopic (exact) mass is 265 g/mol. The van der Waals surface area contributed by atoms with Crippen molar-refractivity contribution in [1.82, 2.24) is 25.4 Å². The first-order valence-corrected chi connectivity index (χ1v) is 7.11. The van der Waals surface area contributed by atoms with Crippen molar-refractivity contribution in [3.8, 4) is 0 Å². The number of nitrogens with one attached hydrogen (secondary N) is 2. The molecule has 1 aliphatic carbocycles. The first kappa shape index (κ1) is 14.0. The fourth-order valence-electron chi connectivity index (χ4n) is 2.63. The minimum Gasteiger partial charge on any atom is -0.349 e. The fraction of sp³-hybridized carbons (Fsp3) is 0.769. The number of carbonyl (C=O) groups excluding carboxylic acids is 1. The zero-order valence-corrected chi connectivity index (χ0v) is 11.6. The molecule has 19 heavy (non-hydrogen) atoms. The van der Waals surface area contributed by atoms with E-state index in [9.17, 15) is 4.79 Å². The van der Waals surface area contributed by atoms with Gasteiger partial charge in [0.25, 0.3) is 5.91 Å². The number of hydrogen-bond acceptors (Lipinski definition) is 4. The lowest BCUT2D eigenvalue weighted by Crippen LogP contribution is -2.36. The highest BCUT2D eigenvalue weighted by molar-refractivity contribution is 5.90. The van der Waals surface area contributed by atoms with E-state index >= 15 is 0 Å². The number of aromatic amines is 1. The molecule has 0 aromatic carbocycles. The number of hydrogen-bond donors (Lipinski definition) is 2. The molecule has 0 saturated heterocycles. The summed E-state index contributed by atoms with van der Waals surface area (Å²) in [5.41, 5.74) is 0. The summed E-state index contributed by atoms with van der Waals surface area (Å²) in [6, 6.07) is 0.735. The molecule has 1 saturated carbocycles. The quantitative estimate of drug-likeness (QED) is 0.758. The van der Waals surface area contributed by atoms with Crippen molar-refractivity contribution < 1.29 is 4.79 Å². The normalized spacial score (nSPS) is 16.7. The Labute approximate surface area is 114 Å². The number of H-pyrrole nitrogens is 1. The smallest absolute Gasteiger partial charge is 0.288 e. The number of carbonyl (C=O) groups is 1.